The SMILES string of the molecule is CC(=O)O[C@H]1CC[C@]2(C)[C@H]3CC[C@]4(C)[C@@H]([C@H](C)C=C[C@H](C)C(C)C)CC[C@H]4C3=C[C@H](Cl)[C@@]2(O)C1. The quantitative estimate of drug-likeness (QED) is 0.249. The number of fused-ring (bicyclic) bond motifs is 5. The van der Waals surface area contributed by atoms with Crippen LogP contribution in [0.1, 0.15) is 93.4 Å². The summed E-state index contributed by atoms with van der Waals surface area (Å²) < 4.78 is 5.53. The van der Waals surface area contributed by atoms with E-state index in [1.165, 1.54) is 31.8 Å². The Morgan fingerprint density at radius 3 is 2.44 bits per heavy atom. The molecule has 4 aliphatic rings. The molecule has 0 unspecified atom stereocenters. The molecule has 0 aromatic carbocycles. The molecule has 3 fully saturated rings. The van der Waals surface area contributed by atoms with Crippen molar-refractivity contribution >= 4 is 17.6 Å². The molecule has 0 aliphatic heterocycles. The van der Waals surface area contributed by atoms with Gasteiger partial charge in [0.25, 0.3) is 0 Å². The molecule has 34 heavy (non-hydrogen) atoms. The molecular formula is C30H47ClO3. The van der Waals surface area contributed by atoms with Crippen LogP contribution in [0.2, 0.25) is 0 Å². The van der Waals surface area contributed by atoms with Gasteiger partial charge in [0.15, 0.2) is 0 Å². The first-order valence-corrected chi connectivity index (χ1v) is 14.2. The number of carbonyl (C=O) groups is 1. The number of rotatable bonds is 5. The van der Waals surface area contributed by atoms with Crippen molar-refractivity contribution in [2.45, 2.75) is 110 Å². The number of ether oxygens (including phenoxy) is 1. The van der Waals surface area contributed by atoms with E-state index in [0.717, 1.165) is 19.3 Å². The van der Waals surface area contributed by atoms with Crippen LogP contribution >= 0.6 is 11.6 Å². The Morgan fingerprint density at radius 2 is 1.79 bits per heavy atom. The van der Waals surface area contributed by atoms with Crippen LogP contribution in [-0.4, -0.2) is 28.2 Å². The van der Waals surface area contributed by atoms with Crippen molar-refractivity contribution < 1.29 is 14.6 Å². The van der Waals surface area contributed by atoms with Crippen LogP contribution in [0.5, 0.6) is 0 Å². The predicted molar refractivity (Wildman–Crippen MR) is 140 cm³/mol. The molecule has 0 bridgehead atoms. The fourth-order valence-electron chi connectivity index (χ4n) is 8.43. The number of hydrogen-bond donors (Lipinski definition) is 1. The standard InChI is InChI=1S/C30H47ClO3/c1-18(2)19(3)8-9-20(4)24-10-11-25-23-16-27(31)30(33)17-22(34-21(5)32)12-15-29(30,7)26(23)13-14-28(24,25)6/h8-9,16,18-20,22,24-27,33H,10-15,17H2,1-7H3/t19-,20+,22-,24+,25-,26-,27-,28+,29+,30-/m0/s1. The lowest BCUT2D eigenvalue weighted by Crippen LogP contribution is -2.64. The van der Waals surface area contributed by atoms with Gasteiger partial charge in [0, 0.05) is 18.8 Å². The Bertz CT molecular complexity index is 848. The number of esters is 1. The van der Waals surface area contributed by atoms with Crippen LogP contribution in [0.15, 0.2) is 23.8 Å². The van der Waals surface area contributed by atoms with Gasteiger partial charge in [-0.15, -0.1) is 11.6 Å². The predicted octanol–water partition coefficient (Wildman–Crippen LogP) is 7.31. The molecule has 4 aliphatic carbocycles. The second-order valence-corrected chi connectivity index (χ2v) is 13.5. The zero-order chi connectivity index (χ0) is 25.1. The van der Waals surface area contributed by atoms with Gasteiger partial charge in [0.1, 0.15) is 6.10 Å². The maximum Gasteiger partial charge on any atom is 0.302 e. The summed E-state index contributed by atoms with van der Waals surface area (Å²) in [5, 5.41) is 11.5. The summed E-state index contributed by atoms with van der Waals surface area (Å²) in [6, 6.07) is 0. The van der Waals surface area contributed by atoms with E-state index in [2.05, 4.69) is 59.8 Å². The van der Waals surface area contributed by atoms with Crippen molar-refractivity contribution in [1.82, 2.24) is 0 Å². The van der Waals surface area contributed by atoms with Crippen molar-refractivity contribution in [3.05, 3.63) is 23.8 Å². The fourth-order valence-corrected chi connectivity index (χ4v) is 8.91. The number of halogens is 1. The van der Waals surface area contributed by atoms with Gasteiger partial charge in [-0.25, -0.2) is 0 Å². The summed E-state index contributed by atoms with van der Waals surface area (Å²) in [5.74, 6) is 3.22. The minimum absolute atomic E-state index is 0.239. The molecule has 0 amide bonds. The summed E-state index contributed by atoms with van der Waals surface area (Å²) in [7, 11) is 0. The summed E-state index contributed by atoms with van der Waals surface area (Å²) in [6.07, 6.45) is 13.9. The first kappa shape index (κ1) is 26.3. The second kappa shape index (κ2) is 9.25. The van der Waals surface area contributed by atoms with Crippen molar-refractivity contribution in [1.29, 1.82) is 0 Å². The molecule has 3 saturated carbocycles. The molecule has 1 N–H and O–H groups in total. The largest absolute Gasteiger partial charge is 0.462 e. The summed E-state index contributed by atoms with van der Waals surface area (Å²) >= 11 is 7.01. The van der Waals surface area contributed by atoms with E-state index < -0.39 is 11.0 Å². The Balaban J connectivity index is 1.59. The number of hydrogen-bond acceptors (Lipinski definition) is 3. The van der Waals surface area contributed by atoms with E-state index in [-0.39, 0.29) is 17.5 Å². The zero-order valence-corrected chi connectivity index (χ0v) is 23.2. The number of allylic oxidation sites excluding steroid dienone is 3. The van der Waals surface area contributed by atoms with Gasteiger partial charge in [0.05, 0.1) is 11.0 Å². The molecule has 0 spiro atoms. The maximum absolute atomic E-state index is 12.0. The molecule has 4 heteroatoms. The van der Waals surface area contributed by atoms with Crippen LogP contribution in [0, 0.1) is 46.3 Å². The lowest BCUT2D eigenvalue weighted by molar-refractivity contribution is -0.182. The minimum atomic E-state index is -1.03. The van der Waals surface area contributed by atoms with Gasteiger partial charge < -0.3 is 9.84 Å². The lowest BCUT2D eigenvalue weighted by Gasteiger charge is -2.62. The lowest BCUT2D eigenvalue weighted by atomic mass is 9.46. The van der Waals surface area contributed by atoms with E-state index in [1.54, 1.807) is 0 Å². The molecule has 0 heterocycles. The Hall–Kier alpha value is -0.800. The first-order chi connectivity index (χ1) is 15.8. The molecular weight excluding hydrogens is 444 g/mol. The molecule has 0 aromatic heterocycles. The second-order valence-electron chi connectivity index (χ2n) is 13.1. The zero-order valence-electron chi connectivity index (χ0n) is 22.4. The first-order valence-electron chi connectivity index (χ1n) is 13.8. The van der Waals surface area contributed by atoms with Crippen LogP contribution in [-0.2, 0) is 9.53 Å². The van der Waals surface area contributed by atoms with Crippen molar-refractivity contribution in [3.8, 4) is 0 Å². The minimum Gasteiger partial charge on any atom is -0.462 e. The Morgan fingerprint density at radius 1 is 1.09 bits per heavy atom. The molecule has 3 nitrogen and oxygen atoms in total. The van der Waals surface area contributed by atoms with Gasteiger partial charge >= 0.3 is 5.97 Å². The fraction of sp³-hybridized carbons (Fsp3) is 0.833. The molecule has 10 atom stereocenters. The number of aliphatic hydroxyl groups is 1. The topological polar surface area (TPSA) is 46.5 Å². The van der Waals surface area contributed by atoms with Crippen LogP contribution in [0.4, 0.5) is 0 Å². The number of carbonyl (C=O) groups excluding carboxylic acids is 1. The summed E-state index contributed by atoms with van der Waals surface area (Å²) in [5.41, 5.74) is 0.527. The van der Waals surface area contributed by atoms with Crippen molar-refractivity contribution in [2.24, 2.45) is 46.3 Å². The Kier molecular flexibility index (Phi) is 7.15. The third kappa shape index (κ3) is 4.11. The third-order valence-corrected chi connectivity index (χ3v) is 11.5. The summed E-state index contributed by atoms with van der Waals surface area (Å²) in [4.78, 5) is 11.6. The van der Waals surface area contributed by atoms with E-state index in [0.29, 0.717) is 47.3 Å². The Labute approximate surface area is 212 Å². The maximum atomic E-state index is 12.0. The third-order valence-electron chi connectivity index (χ3n) is 11.0. The van der Waals surface area contributed by atoms with Crippen molar-refractivity contribution in [2.75, 3.05) is 0 Å². The molecule has 0 saturated heterocycles. The normalized spacial score (nSPS) is 45.8. The highest BCUT2D eigenvalue weighted by Crippen LogP contribution is 2.68. The van der Waals surface area contributed by atoms with Crippen LogP contribution in [0.25, 0.3) is 0 Å². The highest BCUT2D eigenvalue weighted by molar-refractivity contribution is 6.22. The average molecular weight is 491 g/mol. The van der Waals surface area contributed by atoms with E-state index in [9.17, 15) is 9.90 Å². The van der Waals surface area contributed by atoms with Gasteiger partial charge in [-0.2, -0.15) is 0 Å². The van der Waals surface area contributed by atoms with E-state index in [1.807, 2.05) is 0 Å². The van der Waals surface area contributed by atoms with E-state index >= 15 is 0 Å². The molecule has 4 rings (SSSR count). The molecule has 0 radical (unpaired) electrons. The smallest absolute Gasteiger partial charge is 0.302 e. The summed E-state index contributed by atoms with van der Waals surface area (Å²) in [6.45, 7) is 15.6. The monoisotopic (exact) mass is 490 g/mol. The van der Waals surface area contributed by atoms with Gasteiger partial charge in [-0.1, -0.05) is 65.3 Å². The van der Waals surface area contributed by atoms with Crippen LogP contribution < -0.4 is 0 Å². The highest BCUT2D eigenvalue weighted by atomic mass is 35.5. The van der Waals surface area contributed by atoms with Crippen LogP contribution in [0.3, 0.4) is 0 Å². The highest BCUT2D eigenvalue weighted by Gasteiger charge is 2.65. The molecule has 0 aromatic rings. The van der Waals surface area contributed by atoms with Gasteiger partial charge in [-0.05, 0) is 79.4 Å². The number of alkyl halides is 1. The van der Waals surface area contributed by atoms with E-state index in [4.69, 9.17) is 16.3 Å². The average Bonchev–Trinajstić information content (AvgIpc) is 3.11. The van der Waals surface area contributed by atoms with Gasteiger partial charge in [-0.3, -0.25) is 4.79 Å². The van der Waals surface area contributed by atoms with Crippen molar-refractivity contribution in [3.63, 3.8) is 0 Å². The van der Waals surface area contributed by atoms with Gasteiger partial charge in [0.2, 0.25) is 0 Å². The molecule has 192 valence electrons.